The van der Waals surface area contributed by atoms with Crippen molar-refractivity contribution in [3.63, 3.8) is 0 Å². The molecule has 0 aliphatic rings. The number of hydrogen-bond donors (Lipinski definition) is 1. The number of benzene rings is 2. The van der Waals surface area contributed by atoms with Crippen molar-refractivity contribution in [3.8, 4) is 11.5 Å². The van der Waals surface area contributed by atoms with E-state index in [4.69, 9.17) is 4.74 Å². The summed E-state index contributed by atoms with van der Waals surface area (Å²) in [6.07, 6.45) is 0.848. The molecule has 0 radical (unpaired) electrons. The minimum atomic E-state index is -0.176. The van der Waals surface area contributed by atoms with Gasteiger partial charge in [-0.1, -0.05) is 25.1 Å². The van der Waals surface area contributed by atoms with Crippen LogP contribution in [-0.4, -0.2) is 10.9 Å². The van der Waals surface area contributed by atoms with E-state index in [9.17, 15) is 4.79 Å². The van der Waals surface area contributed by atoms with Gasteiger partial charge < -0.3 is 10.1 Å². The molecule has 4 heteroatoms. The molecule has 0 fully saturated rings. The van der Waals surface area contributed by atoms with Crippen LogP contribution in [0.3, 0.4) is 0 Å². The molecule has 3 aromatic rings. The number of amides is 1. The molecule has 1 aromatic heterocycles. The number of hydrogen-bond acceptors (Lipinski definition) is 3. The lowest BCUT2D eigenvalue weighted by atomic mass is 10.1. The lowest BCUT2D eigenvalue weighted by molar-refractivity contribution is 0.102. The van der Waals surface area contributed by atoms with Gasteiger partial charge >= 0.3 is 0 Å². The van der Waals surface area contributed by atoms with Crippen molar-refractivity contribution in [1.29, 1.82) is 0 Å². The van der Waals surface area contributed by atoms with Crippen LogP contribution in [0.15, 0.2) is 60.7 Å². The topological polar surface area (TPSA) is 51.2 Å². The maximum Gasteiger partial charge on any atom is 0.257 e. The normalized spacial score (nSPS) is 10.4. The Morgan fingerprint density at radius 1 is 1.00 bits per heavy atom. The Labute approximate surface area is 153 Å². The van der Waals surface area contributed by atoms with Gasteiger partial charge in [0.05, 0.1) is 11.3 Å². The van der Waals surface area contributed by atoms with Crippen molar-refractivity contribution in [2.24, 2.45) is 0 Å². The van der Waals surface area contributed by atoms with Crippen LogP contribution in [0.5, 0.6) is 11.5 Å². The molecule has 0 aliphatic heterocycles. The zero-order chi connectivity index (χ0) is 18.5. The van der Waals surface area contributed by atoms with Crippen LogP contribution in [0, 0.1) is 13.8 Å². The van der Waals surface area contributed by atoms with E-state index in [1.807, 2.05) is 81.4 Å². The smallest absolute Gasteiger partial charge is 0.257 e. The number of rotatable bonds is 5. The highest BCUT2D eigenvalue weighted by Crippen LogP contribution is 2.25. The van der Waals surface area contributed by atoms with Crippen molar-refractivity contribution in [1.82, 2.24) is 4.98 Å². The second-order valence-electron chi connectivity index (χ2n) is 6.19. The zero-order valence-electron chi connectivity index (χ0n) is 15.2. The van der Waals surface area contributed by atoms with Gasteiger partial charge in [-0.3, -0.25) is 9.78 Å². The van der Waals surface area contributed by atoms with Gasteiger partial charge in [0.2, 0.25) is 0 Å². The van der Waals surface area contributed by atoms with Crippen molar-refractivity contribution in [3.05, 3.63) is 83.2 Å². The van der Waals surface area contributed by atoms with Crippen molar-refractivity contribution in [2.45, 2.75) is 27.2 Å². The average molecular weight is 346 g/mol. The highest BCUT2D eigenvalue weighted by molar-refractivity contribution is 6.05. The third-order valence-electron chi connectivity index (χ3n) is 4.07. The number of ether oxygens (including phenoxy) is 1. The number of anilines is 1. The fraction of sp³-hybridized carbons (Fsp3) is 0.182. The lowest BCUT2D eigenvalue weighted by Crippen LogP contribution is -2.14. The first-order valence-electron chi connectivity index (χ1n) is 8.67. The van der Waals surface area contributed by atoms with Crippen molar-refractivity contribution in [2.75, 3.05) is 5.32 Å². The van der Waals surface area contributed by atoms with E-state index in [1.54, 1.807) is 0 Å². The minimum Gasteiger partial charge on any atom is -0.457 e. The average Bonchev–Trinajstić information content (AvgIpc) is 2.61. The maximum atomic E-state index is 12.6. The molecule has 0 aliphatic carbocycles. The van der Waals surface area contributed by atoms with E-state index in [-0.39, 0.29) is 5.91 Å². The Hall–Kier alpha value is -3.14. The summed E-state index contributed by atoms with van der Waals surface area (Å²) in [7, 11) is 0. The second-order valence-corrected chi connectivity index (χ2v) is 6.19. The number of aromatic nitrogens is 1. The standard InChI is InChI=1S/C22H22N2O2/c1-4-17-11-12-21(16(3)23-17)22(25)24-18-8-6-10-20(14-18)26-19-9-5-7-15(2)13-19/h5-14H,4H2,1-3H3,(H,24,25). The van der Waals surface area contributed by atoms with E-state index in [2.05, 4.69) is 10.3 Å². The summed E-state index contributed by atoms with van der Waals surface area (Å²) in [6.45, 7) is 5.91. The highest BCUT2D eigenvalue weighted by atomic mass is 16.5. The molecule has 0 saturated heterocycles. The summed E-state index contributed by atoms with van der Waals surface area (Å²) in [6, 6.07) is 18.9. The molecule has 2 aromatic carbocycles. The molecule has 0 unspecified atom stereocenters. The SMILES string of the molecule is CCc1ccc(C(=O)Nc2cccc(Oc3cccc(C)c3)c2)c(C)n1. The molecule has 26 heavy (non-hydrogen) atoms. The van der Waals surface area contributed by atoms with E-state index >= 15 is 0 Å². The third kappa shape index (κ3) is 4.28. The van der Waals surface area contributed by atoms with Gasteiger partial charge in [0.15, 0.2) is 0 Å². The Kier molecular flexibility index (Phi) is 5.32. The van der Waals surface area contributed by atoms with Gasteiger partial charge in [-0.05, 0) is 62.2 Å². The number of carbonyl (C=O) groups is 1. The van der Waals surface area contributed by atoms with Gasteiger partial charge in [0.1, 0.15) is 11.5 Å². The number of aryl methyl sites for hydroxylation is 3. The largest absolute Gasteiger partial charge is 0.457 e. The summed E-state index contributed by atoms with van der Waals surface area (Å²) in [5, 5.41) is 2.92. The van der Waals surface area contributed by atoms with E-state index < -0.39 is 0 Å². The van der Waals surface area contributed by atoms with Crippen LogP contribution in [-0.2, 0) is 6.42 Å². The van der Waals surface area contributed by atoms with Crippen molar-refractivity contribution < 1.29 is 9.53 Å². The number of carbonyl (C=O) groups excluding carboxylic acids is 1. The van der Waals surface area contributed by atoms with Crippen LogP contribution >= 0.6 is 0 Å². The molecular formula is C22H22N2O2. The quantitative estimate of drug-likeness (QED) is 0.681. The highest BCUT2D eigenvalue weighted by Gasteiger charge is 2.11. The van der Waals surface area contributed by atoms with Gasteiger partial charge in [-0.2, -0.15) is 0 Å². The molecule has 0 saturated carbocycles. The Bertz CT molecular complexity index is 935. The first-order chi connectivity index (χ1) is 12.5. The fourth-order valence-electron chi connectivity index (χ4n) is 2.70. The summed E-state index contributed by atoms with van der Waals surface area (Å²) in [5.41, 5.74) is 4.10. The van der Waals surface area contributed by atoms with Crippen molar-refractivity contribution >= 4 is 11.6 Å². The number of nitrogens with one attached hydrogen (secondary N) is 1. The van der Waals surface area contributed by atoms with Gasteiger partial charge in [-0.25, -0.2) is 0 Å². The van der Waals surface area contributed by atoms with Crippen LogP contribution in [0.2, 0.25) is 0 Å². The molecule has 4 nitrogen and oxygen atoms in total. The van der Waals surface area contributed by atoms with Crippen LogP contribution in [0.4, 0.5) is 5.69 Å². The summed E-state index contributed by atoms with van der Waals surface area (Å²) in [5.74, 6) is 1.26. The van der Waals surface area contributed by atoms with Gasteiger partial charge in [0, 0.05) is 17.4 Å². The fourth-order valence-corrected chi connectivity index (χ4v) is 2.70. The predicted octanol–water partition coefficient (Wildman–Crippen LogP) is 5.31. The monoisotopic (exact) mass is 346 g/mol. The third-order valence-corrected chi connectivity index (χ3v) is 4.07. The summed E-state index contributed by atoms with van der Waals surface area (Å²) in [4.78, 5) is 17.0. The van der Waals surface area contributed by atoms with E-state index in [1.165, 1.54) is 0 Å². The van der Waals surface area contributed by atoms with Crippen LogP contribution < -0.4 is 10.1 Å². The minimum absolute atomic E-state index is 0.176. The van der Waals surface area contributed by atoms with E-state index in [0.717, 1.165) is 29.1 Å². The summed E-state index contributed by atoms with van der Waals surface area (Å²) < 4.78 is 5.88. The Balaban J connectivity index is 1.75. The van der Waals surface area contributed by atoms with Crippen LogP contribution in [0.25, 0.3) is 0 Å². The second kappa shape index (κ2) is 7.83. The van der Waals surface area contributed by atoms with Crippen LogP contribution in [0.1, 0.15) is 34.2 Å². The number of pyridine rings is 1. The maximum absolute atomic E-state index is 12.6. The zero-order valence-corrected chi connectivity index (χ0v) is 15.2. The Morgan fingerprint density at radius 3 is 2.42 bits per heavy atom. The molecule has 1 amide bonds. The van der Waals surface area contributed by atoms with E-state index in [0.29, 0.717) is 17.0 Å². The molecular weight excluding hydrogens is 324 g/mol. The molecule has 1 heterocycles. The predicted molar refractivity (Wildman–Crippen MR) is 104 cm³/mol. The van der Waals surface area contributed by atoms with Gasteiger partial charge in [-0.15, -0.1) is 0 Å². The molecule has 0 spiro atoms. The lowest BCUT2D eigenvalue weighted by Gasteiger charge is -2.11. The van der Waals surface area contributed by atoms with Gasteiger partial charge in [0.25, 0.3) is 5.91 Å². The molecule has 132 valence electrons. The molecule has 0 atom stereocenters. The summed E-state index contributed by atoms with van der Waals surface area (Å²) >= 11 is 0. The number of nitrogens with zero attached hydrogens (tertiary/aromatic N) is 1. The Morgan fingerprint density at radius 2 is 1.73 bits per heavy atom. The molecule has 1 N–H and O–H groups in total. The first-order valence-corrected chi connectivity index (χ1v) is 8.67. The molecule has 3 rings (SSSR count). The molecule has 0 bridgehead atoms. The first kappa shape index (κ1) is 17.7.